The van der Waals surface area contributed by atoms with Crippen LogP contribution in [0.4, 0.5) is 52.7 Å². The van der Waals surface area contributed by atoms with E-state index in [1.807, 2.05) is 0 Å². The molecule has 320 valence electrons. The van der Waals surface area contributed by atoms with Crippen LogP contribution >= 0.6 is 15.9 Å². The Balaban J connectivity index is 0.000000275. The van der Waals surface area contributed by atoms with E-state index in [1.165, 1.54) is 36.4 Å². The van der Waals surface area contributed by atoms with E-state index in [0.717, 1.165) is 60.7 Å². The zero-order valence-corrected chi connectivity index (χ0v) is 31.2. The minimum absolute atomic E-state index is 0.108. The lowest BCUT2D eigenvalue weighted by atomic mass is 9.70. The van der Waals surface area contributed by atoms with Crippen LogP contribution in [0.5, 0.6) is 23.0 Å². The second kappa shape index (κ2) is 18.4. The van der Waals surface area contributed by atoms with Crippen molar-refractivity contribution in [2.24, 2.45) is 0 Å². The normalized spacial score (nSPS) is 12.2. The number of hydrogen-bond acceptors (Lipinski definition) is 6. The Morgan fingerprint density at radius 3 is 1.15 bits per heavy atom. The topological polar surface area (TPSA) is 112 Å². The lowest BCUT2D eigenvalue weighted by Gasteiger charge is -2.31. The van der Waals surface area contributed by atoms with E-state index in [2.05, 4.69) is 34.9 Å². The average Bonchev–Trinajstić information content (AvgIpc) is 3.09. The molecule has 0 fully saturated rings. The number of carboxylic acid groups (broad SMARTS) is 2. The number of benzene rings is 5. The van der Waals surface area contributed by atoms with Gasteiger partial charge in [0.25, 0.3) is 0 Å². The van der Waals surface area contributed by atoms with Gasteiger partial charge in [-0.3, -0.25) is 9.59 Å². The molecule has 0 unspecified atom stereocenters. The fourth-order valence-corrected chi connectivity index (χ4v) is 6.04. The van der Waals surface area contributed by atoms with E-state index in [-0.39, 0.29) is 28.7 Å². The molecule has 0 radical (unpaired) electrons. The zero-order chi connectivity index (χ0) is 44.7. The van der Waals surface area contributed by atoms with Gasteiger partial charge in [0.05, 0.1) is 0 Å². The van der Waals surface area contributed by atoms with E-state index in [0.29, 0.717) is 10.0 Å². The van der Waals surface area contributed by atoms with Crippen molar-refractivity contribution >= 4 is 27.9 Å². The molecule has 0 spiro atoms. The fraction of sp³-hybridized carbons (Fsp3) is 0.179. The molecule has 0 aromatic heterocycles. The Bertz CT molecular complexity index is 2140. The first kappa shape index (κ1) is 46.6. The molecule has 0 saturated heterocycles. The molecular formula is C39H25BrF12O8. The monoisotopic (exact) mass is 928 g/mol. The molecular weight excluding hydrogens is 904 g/mol. The summed E-state index contributed by atoms with van der Waals surface area (Å²) in [5.41, 5.74) is -2.09. The van der Waals surface area contributed by atoms with Gasteiger partial charge < -0.3 is 29.2 Å². The van der Waals surface area contributed by atoms with Crippen LogP contribution in [0, 0.1) is 0 Å². The van der Waals surface area contributed by atoms with Crippen molar-refractivity contribution in [3.63, 3.8) is 0 Å². The Kier molecular flexibility index (Phi) is 14.3. The van der Waals surface area contributed by atoms with Crippen LogP contribution in [-0.4, -0.2) is 47.6 Å². The molecule has 0 heterocycles. The SMILES string of the molecule is O=C(O)C(Cc1ccc(Br)cc1)(c1cccc(OC(F)(F)F)c1)c1cccc(OC(F)(F)F)c1.O=C(O)C(c1cccc(OC(F)(F)F)c1)c1cccc(OC(F)(F)F)c1. The number of rotatable bonds is 12. The number of ether oxygens (including phenoxy) is 4. The highest BCUT2D eigenvalue weighted by Crippen LogP contribution is 2.41. The molecule has 0 atom stereocenters. The zero-order valence-electron chi connectivity index (χ0n) is 29.6. The van der Waals surface area contributed by atoms with Crippen LogP contribution < -0.4 is 18.9 Å². The lowest BCUT2D eigenvalue weighted by Crippen LogP contribution is -2.39. The van der Waals surface area contributed by atoms with Gasteiger partial charge in [-0.15, -0.1) is 52.7 Å². The minimum Gasteiger partial charge on any atom is -0.481 e. The van der Waals surface area contributed by atoms with Gasteiger partial charge in [-0.1, -0.05) is 76.6 Å². The summed E-state index contributed by atoms with van der Waals surface area (Å²) in [6.07, 6.45) is -20.3. The van der Waals surface area contributed by atoms with Gasteiger partial charge in [-0.25, -0.2) is 0 Å². The maximum atomic E-state index is 12.8. The van der Waals surface area contributed by atoms with Crippen molar-refractivity contribution in [3.8, 4) is 23.0 Å². The van der Waals surface area contributed by atoms with Crippen LogP contribution in [0.1, 0.15) is 33.7 Å². The largest absolute Gasteiger partial charge is 0.573 e. The summed E-state index contributed by atoms with van der Waals surface area (Å²) in [7, 11) is 0. The van der Waals surface area contributed by atoms with Crippen molar-refractivity contribution in [2.45, 2.75) is 43.2 Å². The van der Waals surface area contributed by atoms with Crippen LogP contribution in [0.2, 0.25) is 0 Å². The second-order valence-corrected chi connectivity index (χ2v) is 13.1. The summed E-state index contributed by atoms with van der Waals surface area (Å²) in [5, 5.41) is 19.8. The van der Waals surface area contributed by atoms with Crippen molar-refractivity contribution in [3.05, 3.63) is 154 Å². The summed E-state index contributed by atoms with van der Waals surface area (Å²) in [5.74, 6) is -7.14. The standard InChI is InChI=1S/C23H15BrF6O4.C16H10F6O4/c24-17-9-7-14(8-10-17)13-21(20(31)32,15-3-1-5-18(11-15)33-22(25,26)27)16-4-2-6-19(12-16)34-23(28,29)30;17-15(18,19)25-11-5-1-3-9(7-11)13(14(23)24)10-4-2-6-12(8-10)26-16(20,21)22/h1-12H,13H2,(H,31,32);1-8,13H,(H,23,24). The molecule has 0 amide bonds. The highest BCUT2D eigenvalue weighted by Gasteiger charge is 2.44. The van der Waals surface area contributed by atoms with Crippen molar-refractivity contribution < 1.29 is 91.4 Å². The molecule has 0 saturated carbocycles. The maximum Gasteiger partial charge on any atom is 0.573 e. The lowest BCUT2D eigenvalue weighted by molar-refractivity contribution is -0.275. The number of aliphatic carboxylic acids is 2. The van der Waals surface area contributed by atoms with Crippen LogP contribution in [0.25, 0.3) is 0 Å². The number of carbonyl (C=O) groups is 2. The Labute approximate surface area is 338 Å². The first-order chi connectivity index (χ1) is 27.7. The Hall–Kier alpha value is -6.12. The summed E-state index contributed by atoms with van der Waals surface area (Å²) in [6, 6.07) is 23.5. The predicted molar refractivity (Wildman–Crippen MR) is 188 cm³/mol. The first-order valence-corrected chi connectivity index (χ1v) is 17.2. The molecule has 0 aliphatic carbocycles. The number of halogens is 13. The van der Waals surface area contributed by atoms with Crippen LogP contribution in [0.15, 0.2) is 126 Å². The van der Waals surface area contributed by atoms with Crippen molar-refractivity contribution in [1.29, 1.82) is 0 Å². The number of alkyl halides is 12. The van der Waals surface area contributed by atoms with Crippen LogP contribution in [-0.2, 0) is 21.4 Å². The predicted octanol–water partition coefficient (Wildman–Crippen LogP) is 11.6. The maximum absolute atomic E-state index is 12.8. The molecule has 2 N–H and O–H groups in total. The molecule has 8 nitrogen and oxygen atoms in total. The van der Waals surface area contributed by atoms with Gasteiger partial charge in [0.2, 0.25) is 0 Å². The Morgan fingerprint density at radius 1 is 0.500 bits per heavy atom. The molecule has 0 aliphatic heterocycles. The smallest absolute Gasteiger partial charge is 0.481 e. The summed E-state index contributed by atoms with van der Waals surface area (Å²) in [6.45, 7) is 0. The third-order valence-corrected chi connectivity index (χ3v) is 8.49. The van der Waals surface area contributed by atoms with Crippen molar-refractivity contribution in [2.75, 3.05) is 0 Å². The highest BCUT2D eigenvalue weighted by atomic mass is 79.9. The molecule has 5 aromatic rings. The molecule has 60 heavy (non-hydrogen) atoms. The molecule has 5 aromatic carbocycles. The van der Waals surface area contributed by atoms with Crippen molar-refractivity contribution in [1.82, 2.24) is 0 Å². The third kappa shape index (κ3) is 13.7. The van der Waals surface area contributed by atoms with Gasteiger partial charge in [0, 0.05) is 4.47 Å². The third-order valence-electron chi connectivity index (χ3n) is 7.97. The molecule has 0 aliphatic rings. The molecule has 21 heteroatoms. The van der Waals surface area contributed by atoms with E-state index in [4.69, 9.17) is 0 Å². The van der Waals surface area contributed by atoms with Crippen LogP contribution in [0.3, 0.4) is 0 Å². The number of hydrogen-bond donors (Lipinski definition) is 2. The van der Waals surface area contributed by atoms with Gasteiger partial charge in [-0.05, 0) is 94.9 Å². The van der Waals surface area contributed by atoms with E-state index in [9.17, 15) is 72.5 Å². The van der Waals surface area contributed by atoms with E-state index in [1.54, 1.807) is 24.3 Å². The summed E-state index contributed by atoms with van der Waals surface area (Å²) < 4.78 is 167. The minimum atomic E-state index is -5.03. The van der Waals surface area contributed by atoms with Gasteiger partial charge in [0.1, 0.15) is 34.3 Å². The van der Waals surface area contributed by atoms with Gasteiger partial charge >= 0.3 is 37.4 Å². The highest BCUT2D eigenvalue weighted by molar-refractivity contribution is 9.10. The van der Waals surface area contributed by atoms with E-state index < -0.39 is 71.7 Å². The van der Waals surface area contributed by atoms with E-state index >= 15 is 0 Å². The van der Waals surface area contributed by atoms with Gasteiger partial charge in [-0.2, -0.15) is 0 Å². The molecule has 5 rings (SSSR count). The first-order valence-electron chi connectivity index (χ1n) is 16.4. The Morgan fingerprint density at radius 2 is 0.833 bits per heavy atom. The second-order valence-electron chi connectivity index (χ2n) is 12.2. The quantitative estimate of drug-likeness (QED) is 0.119. The summed E-state index contributed by atoms with van der Waals surface area (Å²) >= 11 is 3.26. The van der Waals surface area contributed by atoms with Gasteiger partial charge in [0.15, 0.2) is 0 Å². The summed E-state index contributed by atoms with van der Waals surface area (Å²) in [4.78, 5) is 24.3. The average molecular weight is 930 g/mol. The number of carboxylic acids is 2. The molecule has 0 bridgehead atoms. The fourth-order valence-electron chi connectivity index (χ4n) is 5.78.